The van der Waals surface area contributed by atoms with Gasteiger partial charge >= 0.3 is 5.97 Å². The first-order valence-electron chi connectivity index (χ1n) is 8.39. The maximum absolute atomic E-state index is 11.3. The van der Waals surface area contributed by atoms with Gasteiger partial charge in [-0.2, -0.15) is 0 Å². The Balaban J connectivity index is 1.85. The Labute approximate surface area is 166 Å². The van der Waals surface area contributed by atoms with E-state index in [-0.39, 0.29) is 6.42 Å². The third kappa shape index (κ3) is 3.58. The van der Waals surface area contributed by atoms with Gasteiger partial charge in [-0.05, 0) is 24.3 Å². The molecule has 0 aromatic heterocycles. The minimum atomic E-state index is -0.999. The molecule has 0 spiro atoms. The second-order valence-corrected chi connectivity index (χ2v) is 7.07. The molecule has 140 valence electrons. The number of anilines is 1. The number of benzene rings is 2. The number of rotatable bonds is 3. The van der Waals surface area contributed by atoms with Gasteiger partial charge in [0.2, 0.25) is 0 Å². The molecule has 2 aliphatic heterocycles. The maximum Gasteiger partial charge on any atom is 0.306 e. The van der Waals surface area contributed by atoms with Gasteiger partial charge < -0.3 is 24.6 Å². The molecule has 0 bridgehead atoms. The third-order valence-electron chi connectivity index (χ3n) is 4.39. The van der Waals surface area contributed by atoms with Crippen LogP contribution in [0.15, 0.2) is 36.4 Å². The SMILES string of the molecule is O=C(O)CC1OC(c2cccc3c2OCCO3)c2cc(Cl)ccc2NC1=S. The Morgan fingerprint density at radius 3 is 2.85 bits per heavy atom. The minimum absolute atomic E-state index is 0.254. The number of ether oxygens (including phenoxy) is 3. The minimum Gasteiger partial charge on any atom is -0.486 e. The Hall–Kier alpha value is -2.35. The molecule has 4 rings (SSSR count). The van der Waals surface area contributed by atoms with Gasteiger partial charge in [0.25, 0.3) is 0 Å². The van der Waals surface area contributed by atoms with Crippen LogP contribution in [0.2, 0.25) is 5.02 Å². The van der Waals surface area contributed by atoms with Gasteiger partial charge in [-0.25, -0.2) is 0 Å². The van der Waals surface area contributed by atoms with E-state index in [0.717, 1.165) is 16.8 Å². The highest BCUT2D eigenvalue weighted by atomic mass is 35.5. The second kappa shape index (κ2) is 7.34. The highest BCUT2D eigenvalue weighted by molar-refractivity contribution is 7.80. The molecule has 2 unspecified atom stereocenters. The highest BCUT2D eigenvalue weighted by Crippen LogP contribution is 2.44. The fourth-order valence-electron chi connectivity index (χ4n) is 3.22. The lowest BCUT2D eigenvalue weighted by Crippen LogP contribution is -2.30. The number of hydrogen-bond donors (Lipinski definition) is 2. The number of thiocarbonyl (C=S) groups is 1. The molecule has 2 atom stereocenters. The molecule has 2 aromatic rings. The number of carboxylic acid groups (broad SMARTS) is 1. The summed E-state index contributed by atoms with van der Waals surface area (Å²) in [6.07, 6.45) is -1.67. The van der Waals surface area contributed by atoms with Crippen molar-refractivity contribution in [2.45, 2.75) is 18.6 Å². The number of fused-ring (bicyclic) bond motifs is 2. The van der Waals surface area contributed by atoms with Crippen molar-refractivity contribution in [3.8, 4) is 11.5 Å². The van der Waals surface area contributed by atoms with Crippen LogP contribution in [-0.2, 0) is 9.53 Å². The normalized spacial score (nSPS) is 21.0. The predicted octanol–water partition coefficient (Wildman–Crippen LogP) is 3.81. The molecule has 6 nitrogen and oxygen atoms in total. The monoisotopic (exact) mass is 405 g/mol. The molecule has 0 aliphatic carbocycles. The summed E-state index contributed by atoms with van der Waals surface area (Å²) in [5.74, 6) is 0.212. The molecule has 0 saturated heterocycles. The van der Waals surface area contributed by atoms with Crippen LogP contribution in [-0.4, -0.2) is 35.4 Å². The van der Waals surface area contributed by atoms with Gasteiger partial charge in [0.15, 0.2) is 11.5 Å². The third-order valence-corrected chi connectivity index (χ3v) is 4.99. The molecule has 2 aromatic carbocycles. The van der Waals surface area contributed by atoms with Crippen LogP contribution in [0.4, 0.5) is 5.69 Å². The molecule has 0 amide bonds. The second-order valence-electron chi connectivity index (χ2n) is 6.19. The maximum atomic E-state index is 11.3. The fraction of sp³-hybridized carbons (Fsp3) is 0.263. The van der Waals surface area contributed by atoms with Crippen molar-refractivity contribution in [3.63, 3.8) is 0 Å². The highest BCUT2D eigenvalue weighted by Gasteiger charge is 2.33. The first kappa shape index (κ1) is 18.0. The molecular weight excluding hydrogens is 390 g/mol. The van der Waals surface area contributed by atoms with Gasteiger partial charge in [-0.3, -0.25) is 4.79 Å². The molecular formula is C19H16ClNO5S. The summed E-state index contributed by atoms with van der Waals surface area (Å²) in [5.41, 5.74) is 2.20. The Morgan fingerprint density at radius 1 is 1.22 bits per heavy atom. The number of aliphatic carboxylic acids is 1. The van der Waals surface area contributed by atoms with Crippen LogP contribution >= 0.6 is 23.8 Å². The van der Waals surface area contributed by atoms with Crippen molar-refractivity contribution in [1.82, 2.24) is 0 Å². The molecule has 0 saturated carbocycles. The first-order valence-corrected chi connectivity index (χ1v) is 9.17. The fourth-order valence-corrected chi connectivity index (χ4v) is 3.65. The van der Waals surface area contributed by atoms with E-state index in [9.17, 15) is 9.90 Å². The summed E-state index contributed by atoms with van der Waals surface area (Å²) in [5, 5.41) is 12.9. The number of nitrogens with one attached hydrogen (secondary N) is 1. The first-order chi connectivity index (χ1) is 13.0. The van der Waals surface area contributed by atoms with Gasteiger partial charge in [-0.15, -0.1) is 0 Å². The van der Waals surface area contributed by atoms with E-state index in [0.29, 0.717) is 34.7 Å². The summed E-state index contributed by atoms with van der Waals surface area (Å²) in [7, 11) is 0. The Kier molecular flexibility index (Phi) is 4.90. The predicted molar refractivity (Wildman–Crippen MR) is 104 cm³/mol. The van der Waals surface area contributed by atoms with Crippen molar-refractivity contribution < 1.29 is 24.1 Å². The van der Waals surface area contributed by atoms with Crippen LogP contribution in [0.25, 0.3) is 0 Å². The van der Waals surface area contributed by atoms with E-state index >= 15 is 0 Å². The van der Waals surface area contributed by atoms with Crippen LogP contribution < -0.4 is 14.8 Å². The molecule has 0 radical (unpaired) electrons. The van der Waals surface area contributed by atoms with Gasteiger partial charge in [0, 0.05) is 21.8 Å². The van der Waals surface area contributed by atoms with Crippen molar-refractivity contribution in [1.29, 1.82) is 0 Å². The van der Waals surface area contributed by atoms with Gasteiger partial charge in [0.1, 0.15) is 30.4 Å². The quantitative estimate of drug-likeness (QED) is 0.752. The van der Waals surface area contributed by atoms with E-state index in [1.165, 1.54) is 0 Å². The van der Waals surface area contributed by atoms with Gasteiger partial charge in [-0.1, -0.05) is 36.0 Å². The van der Waals surface area contributed by atoms with E-state index in [4.69, 9.17) is 38.0 Å². The average molecular weight is 406 g/mol. The van der Waals surface area contributed by atoms with Crippen molar-refractivity contribution in [2.24, 2.45) is 0 Å². The molecule has 8 heteroatoms. The van der Waals surface area contributed by atoms with Crippen molar-refractivity contribution >= 4 is 40.5 Å². The lowest BCUT2D eigenvalue weighted by atomic mass is 9.98. The zero-order chi connectivity index (χ0) is 19.0. The topological polar surface area (TPSA) is 77.0 Å². The van der Waals surface area contributed by atoms with Crippen LogP contribution in [0, 0.1) is 0 Å². The number of hydrogen-bond acceptors (Lipinski definition) is 5. The van der Waals surface area contributed by atoms with Crippen molar-refractivity contribution in [3.05, 3.63) is 52.5 Å². The van der Waals surface area contributed by atoms with Gasteiger partial charge in [0.05, 0.1) is 6.42 Å². The van der Waals surface area contributed by atoms with Crippen molar-refractivity contribution in [2.75, 3.05) is 18.5 Å². The van der Waals surface area contributed by atoms with Crippen LogP contribution in [0.3, 0.4) is 0 Å². The lowest BCUT2D eigenvalue weighted by molar-refractivity contribution is -0.139. The number of carboxylic acids is 1. The molecule has 27 heavy (non-hydrogen) atoms. The summed E-state index contributed by atoms with van der Waals surface area (Å²) in [4.78, 5) is 11.6. The summed E-state index contributed by atoms with van der Waals surface area (Å²) in [6, 6.07) is 10.9. The smallest absolute Gasteiger partial charge is 0.306 e. The Morgan fingerprint density at radius 2 is 2.04 bits per heavy atom. The van der Waals surface area contributed by atoms with E-state index in [1.54, 1.807) is 18.2 Å². The Bertz CT molecular complexity index is 919. The zero-order valence-electron chi connectivity index (χ0n) is 14.1. The van der Waals surface area contributed by atoms with E-state index < -0.39 is 18.2 Å². The summed E-state index contributed by atoms with van der Waals surface area (Å²) >= 11 is 11.6. The van der Waals surface area contributed by atoms with E-state index in [2.05, 4.69) is 5.32 Å². The van der Waals surface area contributed by atoms with Crippen LogP contribution in [0.5, 0.6) is 11.5 Å². The zero-order valence-corrected chi connectivity index (χ0v) is 15.7. The summed E-state index contributed by atoms with van der Waals surface area (Å²) < 4.78 is 17.7. The number of carbonyl (C=O) groups is 1. The molecule has 2 heterocycles. The number of para-hydroxylation sites is 1. The van der Waals surface area contributed by atoms with Crippen LogP contribution in [0.1, 0.15) is 23.7 Å². The number of halogens is 1. The lowest BCUT2D eigenvalue weighted by Gasteiger charge is -2.27. The summed E-state index contributed by atoms with van der Waals surface area (Å²) in [6.45, 7) is 0.895. The molecule has 2 N–H and O–H groups in total. The molecule has 2 aliphatic rings. The largest absolute Gasteiger partial charge is 0.486 e. The van der Waals surface area contributed by atoms with E-state index in [1.807, 2.05) is 18.2 Å². The standard InChI is InChI=1S/C19H16ClNO5S/c20-10-4-5-13-12(8-10)17(26-15(9-16(22)23)19(27)21-13)11-2-1-3-14-18(11)25-7-6-24-14/h1-5,8,15,17H,6-7,9H2,(H,21,27)(H,22,23). The molecule has 0 fully saturated rings. The average Bonchev–Trinajstić information content (AvgIpc) is 2.78.